The Bertz CT molecular complexity index is 570. The Hall–Kier alpha value is -0.610. The standard InChI is InChI=1S/C27H50N2O2/c1-6-7-17-20-29-23(30)26(21-24(2,3)28-25(4,5)22-26)31-27(29)18-15-13-11-9-8-10-12-14-16-19-27/h28H,6-22H2,1-5H3. The molecule has 180 valence electrons. The van der Waals surface area contributed by atoms with Gasteiger partial charge in [-0.05, 0) is 59.8 Å². The molecule has 1 N–H and O–H groups in total. The normalized spacial score (nSPS) is 28.4. The number of unbranched alkanes of at least 4 members (excludes halogenated alkanes) is 2. The molecule has 1 aliphatic carbocycles. The maximum absolute atomic E-state index is 14.2. The van der Waals surface area contributed by atoms with E-state index in [1.54, 1.807) is 0 Å². The van der Waals surface area contributed by atoms with Gasteiger partial charge in [-0.15, -0.1) is 0 Å². The number of nitrogens with one attached hydrogen (secondary N) is 1. The summed E-state index contributed by atoms with van der Waals surface area (Å²) in [5, 5.41) is 3.77. The molecule has 2 heterocycles. The zero-order valence-corrected chi connectivity index (χ0v) is 21.3. The highest BCUT2D eigenvalue weighted by Gasteiger charge is 2.64. The van der Waals surface area contributed by atoms with Crippen LogP contribution in [0.2, 0.25) is 0 Å². The van der Waals surface area contributed by atoms with Crippen molar-refractivity contribution in [2.45, 2.75) is 160 Å². The van der Waals surface area contributed by atoms with Crippen LogP contribution in [-0.4, -0.2) is 39.8 Å². The van der Waals surface area contributed by atoms with Crippen LogP contribution in [0.3, 0.4) is 0 Å². The molecule has 2 aliphatic heterocycles. The van der Waals surface area contributed by atoms with Crippen LogP contribution in [0.1, 0.15) is 137 Å². The molecule has 3 rings (SSSR count). The van der Waals surface area contributed by atoms with E-state index in [1.807, 2.05) is 0 Å². The van der Waals surface area contributed by atoms with Crippen molar-refractivity contribution in [2.24, 2.45) is 0 Å². The summed E-state index contributed by atoms with van der Waals surface area (Å²) in [5.74, 6) is 0.290. The van der Waals surface area contributed by atoms with E-state index in [1.165, 1.54) is 70.6 Å². The molecule has 0 aromatic heterocycles. The predicted octanol–water partition coefficient (Wildman–Crippen LogP) is 6.72. The highest BCUT2D eigenvalue weighted by atomic mass is 16.6. The smallest absolute Gasteiger partial charge is 0.257 e. The molecule has 3 aliphatic rings. The molecule has 3 fully saturated rings. The first-order valence-electron chi connectivity index (χ1n) is 13.5. The second kappa shape index (κ2) is 10.1. The number of nitrogens with zero attached hydrogens (tertiary/aromatic N) is 1. The van der Waals surface area contributed by atoms with E-state index in [4.69, 9.17) is 4.74 Å². The fraction of sp³-hybridized carbons (Fsp3) is 0.963. The summed E-state index contributed by atoms with van der Waals surface area (Å²) in [6.07, 6.45) is 18.7. The fourth-order valence-corrected chi connectivity index (χ4v) is 6.97. The Morgan fingerprint density at radius 3 is 1.77 bits per heavy atom. The third kappa shape index (κ3) is 6.05. The van der Waals surface area contributed by atoms with Crippen LogP contribution in [0.4, 0.5) is 0 Å². The lowest BCUT2D eigenvalue weighted by atomic mass is 9.72. The van der Waals surface area contributed by atoms with Crippen LogP contribution < -0.4 is 5.32 Å². The van der Waals surface area contributed by atoms with Crippen LogP contribution >= 0.6 is 0 Å². The van der Waals surface area contributed by atoms with E-state index < -0.39 is 5.60 Å². The first kappa shape index (κ1) is 25.0. The molecule has 0 atom stereocenters. The molecular formula is C27H50N2O2. The predicted molar refractivity (Wildman–Crippen MR) is 129 cm³/mol. The zero-order valence-electron chi connectivity index (χ0n) is 21.3. The van der Waals surface area contributed by atoms with Crippen molar-refractivity contribution in [3.63, 3.8) is 0 Å². The maximum atomic E-state index is 14.2. The minimum absolute atomic E-state index is 0.108. The molecule has 1 saturated carbocycles. The molecule has 31 heavy (non-hydrogen) atoms. The molecule has 0 radical (unpaired) electrons. The van der Waals surface area contributed by atoms with Crippen molar-refractivity contribution in [3.8, 4) is 0 Å². The molecule has 4 heteroatoms. The fourth-order valence-electron chi connectivity index (χ4n) is 6.97. The minimum Gasteiger partial charge on any atom is -0.339 e. The largest absolute Gasteiger partial charge is 0.339 e. The molecule has 0 aromatic rings. The number of hydrogen-bond donors (Lipinski definition) is 1. The number of ether oxygens (including phenoxy) is 1. The highest BCUT2D eigenvalue weighted by Crippen LogP contribution is 2.50. The lowest BCUT2D eigenvalue weighted by molar-refractivity contribution is -0.176. The number of amides is 1. The number of carbonyl (C=O) groups is 1. The summed E-state index contributed by atoms with van der Waals surface area (Å²) in [7, 11) is 0. The van der Waals surface area contributed by atoms with Gasteiger partial charge in [0, 0.05) is 30.5 Å². The van der Waals surface area contributed by atoms with Crippen LogP contribution in [0.15, 0.2) is 0 Å². The lowest BCUT2D eigenvalue weighted by Crippen LogP contribution is -2.65. The van der Waals surface area contributed by atoms with Crippen LogP contribution in [0, 0.1) is 0 Å². The van der Waals surface area contributed by atoms with E-state index in [0.29, 0.717) is 5.91 Å². The second-order valence-electron chi connectivity index (χ2n) is 12.1. The number of hydrogen-bond acceptors (Lipinski definition) is 3. The van der Waals surface area contributed by atoms with Gasteiger partial charge in [-0.3, -0.25) is 4.79 Å². The Labute approximate surface area is 192 Å². The molecule has 0 aromatic carbocycles. The number of piperidine rings is 1. The van der Waals surface area contributed by atoms with Crippen molar-refractivity contribution in [3.05, 3.63) is 0 Å². The Balaban J connectivity index is 1.91. The van der Waals surface area contributed by atoms with Gasteiger partial charge in [-0.2, -0.15) is 0 Å². The molecular weight excluding hydrogens is 384 g/mol. The van der Waals surface area contributed by atoms with Gasteiger partial charge in [0.25, 0.3) is 5.91 Å². The topological polar surface area (TPSA) is 41.6 Å². The summed E-state index contributed by atoms with van der Waals surface area (Å²) in [5.41, 5.74) is -1.26. The van der Waals surface area contributed by atoms with Crippen molar-refractivity contribution in [1.29, 1.82) is 0 Å². The number of rotatable bonds is 4. The van der Waals surface area contributed by atoms with Crippen LogP contribution in [0.5, 0.6) is 0 Å². The average Bonchev–Trinajstić information content (AvgIpc) is 2.84. The van der Waals surface area contributed by atoms with Gasteiger partial charge in [0.15, 0.2) is 5.60 Å². The van der Waals surface area contributed by atoms with Gasteiger partial charge < -0.3 is 15.0 Å². The summed E-state index contributed by atoms with van der Waals surface area (Å²) in [6.45, 7) is 12.1. The van der Waals surface area contributed by atoms with E-state index in [2.05, 4.69) is 44.8 Å². The molecule has 0 bridgehead atoms. The first-order valence-corrected chi connectivity index (χ1v) is 13.5. The minimum atomic E-state index is -0.665. The summed E-state index contributed by atoms with van der Waals surface area (Å²) in [6, 6.07) is 0. The summed E-state index contributed by atoms with van der Waals surface area (Å²) < 4.78 is 7.19. The zero-order chi connectivity index (χ0) is 22.6. The van der Waals surface area contributed by atoms with E-state index in [9.17, 15) is 4.79 Å². The summed E-state index contributed by atoms with van der Waals surface area (Å²) >= 11 is 0. The maximum Gasteiger partial charge on any atom is 0.257 e. The number of carbonyl (C=O) groups excluding carboxylic acids is 1. The molecule has 1 amide bonds. The van der Waals surface area contributed by atoms with E-state index >= 15 is 0 Å². The van der Waals surface area contributed by atoms with Gasteiger partial charge in [0.2, 0.25) is 0 Å². The third-order valence-corrected chi connectivity index (χ3v) is 7.76. The molecule has 2 spiro atoms. The van der Waals surface area contributed by atoms with E-state index in [-0.39, 0.29) is 16.8 Å². The second-order valence-corrected chi connectivity index (χ2v) is 12.1. The third-order valence-electron chi connectivity index (χ3n) is 7.76. The first-order chi connectivity index (χ1) is 14.6. The van der Waals surface area contributed by atoms with Crippen LogP contribution in [0.25, 0.3) is 0 Å². The van der Waals surface area contributed by atoms with Gasteiger partial charge >= 0.3 is 0 Å². The summed E-state index contributed by atoms with van der Waals surface area (Å²) in [4.78, 5) is 16.4. The molecule has 2 saturated heterocycles. The van der Waals surface area contributed by atoms with Gasteiger partial charge in [-0.25, -0.2) is 0 Å². The Morgan fingerprint density at radius 2 is 1.29 bits per heavy atom. The van der Waals surface area contributed by atoms with E-state index in [0.717, 1.165) is 38.6 Å². The Morgan fingerprint density at radius 1 is 0.806 bits per heavy atom. The quantitative estimate of drug-likeness (QED) is 0.500. The highest BCUT2D eigenvalue weighted by molar-refractivity contribution is 5.88. The van der Waals surface area contributed by atoms with Crippen molar-refractivity contribution in [2.75, 3.05) is 6.54 Å². The van der Waals surface area contributed by atoms with Gasteiger partial charge in [-0.1, -0.05) is 64.7 Å². The molecule has 4 nitrogen and oxygen atoms in total. The van der Waals surface area contributed by atoms with Crippen molar-refractivity contribution < 1.29 is 9.53 Å². The lowest BCUT2D eigenvalue weighted by Gasteiger charge is -2.50. The monoisotopic (exact) mass is 434 g/mol. The van der Waals surface area contributed by atoms with Crippen molar-refractivity contribution in [1.82, 2.24) is 10.2 Å². The molecule has 0 unspecified atom stereocenters. The van der Waals surface area contributed by atoms with Gasteiger partial charge in [0.05, 0.1) is 0 Å². The Kier molecular flexibility index (Phi) is 8.17. The average molecular weight is 435 g/mol. The van der Waals surface area contributed by atoms with Crippen LogP contribution in [-0.2, 0) is 9.53 Å². The van der Waals surface area contributed by atoms with Gasteiger partial charge in [0.1, 0.15) is 5.72 Å². The SMILES string of the molecule is CCCCCN1C(=O)C2(CC(C)(C)NC(C)(C)C2)OC12CCCCCCCCCCC2. The van der Waals surface area contributed by atoms with Crippen molar-refractivity contribution >= 4 is 5.91 Å².